The third kappa shape index (κ3) is 1.55. The standard InChI is InChI=1S/2C25H25O5.Fe/c2*1-2-3-4-11-18-28-22-16-9-10-17-23(22)30-25(27)20-14-7-8-15-21(20)29-24(26)19-12-5-6-13-19;/h2*5-10,12-17H,2-4,11,18H2,1H3;. The SMILES string of the molecule is CCCCCCOc1ccccc1OC(=O)c1ccccc1OC(=O)[C]12[CH]3[CH]4[CH]5[CH]1[Fe]45321678[CH]2[CH]1[CH]6[C]7(C(=O)Oc1ccccc1C(=O)Oc1ccccc1OCCCCCC)[CH]28. The first-order valence-corrected chi connectivity index (χ1v) is 28.5. The van der Waals surface area contributed by atoms with E-state index in [9.17, 15) is 19.2 Å². The normalized spacial score (nSPS) is 42.2. The van der Waals surface area contributed by atoms with Crippen LogP contribution in [0.2, 0.25) is 47.2 Å². The van der Waals surface area contributed by atoms with Crippen molar-refractivity contribution in [2.24, 2.45) is 0 Å². The molecule has 0 amide bonds. The number of carbonyl (C=O) groups is 4. The van der Waals surface area contributed by atoms with E-state index in [1.165, 1.54) is 0 Å². The van der Waals surface area contributed by atoms with Crippen LogP contribution in [0.1, 0.15) is 85.9 Å². The van der Waals surface area contributed by atoms with Gasteiger partial charge in [-0.15, -0.1) is 0 Å². The van der Waals surface area contributed by atoms with Crippen molar-refractivity contribution in [3.05, 3.63) is 108 Å². The van der Waals surface area contributed by atoms with Crippen molar-refractivity contribution in [1.82, 2.24) is 0 Å². The summed E-state index contributed by atoms with van der Waals surface area (Å²) in [5, 5.41) is 0. The molecule has 10 aliphatic heterocycles. The fourth-order valence-electron chi connectivity index (χ4n) is 22.5. The third-order valence-corrected chi connectivity index (χ3v) is 65.3. The zero-order chi connectivity index (χ0) is 41.5. The number of fused-ring (bicyclic) bond motifs is 10. The van der Waals surface area contributed by atoms with Crippen LogP contribution in [0.4, 0.5) is 0 Å². The van der Waals surface area contributed by atoms with Crippen LogP contribution in [0.15, 0.2) is 97.1 Å². The molecule has 61 heavy (non-hydrogen) atoms. The second-order valence-electron chi connectivity index (χ2n) is 21.0. The van der Waals surface area contributed by atoms with E-state index >= 15 is 0 Å². The number of ether oxygens (including phenoxy) is 6. The molecule has 4 aromatic carbocycles. The second kappa shape index (κ2) is 7.70. The first-order chi connectivity index (χ1) is 29.6. The Balaban J connectivity index is 0.712. The molecule has 10 nitrogen and oxygen atoms in total. The van der Waals surface area contributed by atoms with E-state index in [2.05, 4.69) is 13.8 Å². The minimum absolute atomic E-state index is 0.166. The molecule has 10 aliphatic rings. The summed E-state index contributed by atoms with van der Waals surface area (Å²) >= 11 is 0. The van der Waals surface area contributed by atoms with Crippen LogP contribution >= 0.6 is 0 Å². The molecule has 8 atom stereocenters. The molecule has 11 heteroatoms. The Kier molecular flexibility index (Phi) is 4.48. The number of para-hydroxylation sites is 6. The molecule has 0 aliphatic carbocycles. The Morgan fingerprint density at radius 3 is 1.15 bits per heavy atom. The van der Waals surface area contributed by atoms with Crippen LogP contribution in [-0.4, -0.2) is 37.1 Å². The number of hydrogen-bond acceptors (Lipinski definition) is 10. The molecule has 0 N–H and O–H groups in total. The molecule has 8 unspecified atom stereocenters. The molecule has 0 saturated carbocycles. The summed E-state index contributed by atoms with van der Waals surface area (Å²) in [4.78, 5) is 60.8. The first-order valence-electron chi connectivity index (χ1n) is 22.3. The van der Waals surface area contributed by atoms with Crippen LogP contribution in [0.25, 0.3) is 0 Å². The molecular weight excluding hydrogens is 816 g/mol. The van der Waals surface area contributed by atoms with Gasteiger partial charge in [0.05, 0.1) is 0 Å². The van der Waals surface area contributed by atoms with Gasteiger partial charge in [0, 0.05) is 0 Å². The second-order valence-corrected chi connectivity index (χ2v) is 44.2. The minimum atomic E-state index is -4.92. The van der Waals surface area contributed by atoms with E-state index in [1.807, 2.05) is 12.1 Å². The first kappa shape index (κ1) is 35.5. The predicted octanol–water partition coefficient (Wildman–Crippen LogP) is 11.7. The van der Waals surface area contributed by atoms with Crippen LogP contribution in [0, 0.1) is 0 Å². The zero-order valence-electron chi connectivity index (χ0n) is 34.4. The molecule has 0 radical (unpaired) electrons. The molecule has 1 spiro atoms. The van der Waals surface area contributed by atoms with E-state index in [4.69, 9.17) is 28.4 Å². The molecule has 14 rings (SSSR count). The molecule has 318 valence electrons. The van der Waals surface area contributed by atoms with Gasteiger partial charge in [0.15, 0.2) is 0 Å². The van der Waals surface area contributed by atoms with Gasteiger partial charge in [0.25, 0.3) is 0 Å². The monoisotopic (exact) mass is 866 g/mol. The van der Waals surface area contributed by atoms with Gasteiger partial charge in [-0.2, -0.15) is 0 Å². The number of benzene rings is 4. The number of hydrogen-bond donors (Lipinski definition) is 0. The Labute approximate surface area is 344 Å². The van der Waals surface area contributed by atoms with Crippen molar-refractivity contribution in [2.45, 2.75) is 112 Å². The summed E-state index contributed by atoms with van der Waals surface area (Å²) < 4.78 is 35.5. The number of carbonyl (C=O) groups excluding carboxylic acids is 4. The van der Waals surface area contributed by atoms with Crippen LogP contribution in [0.5, 0.6) is 34.5 Å². The quantitative estimate of drug-likeness (QED) is 0.0367. The van der Waals surface area contributed by atoms with Crippen molar-refractivity contribution in [2.75, 3.05) is 13.2 Å². The van der Waals surface area contributed by atoms with Gasteiger partial charge in [-0.1, -0.05) is 52.4 Å². The maximum atomic E-state index is 15.0. The topological polar surface area (TPSA) is 124 Å². The van der Waals surface area contributed by atoms with Crippen molar-refractivity contribution in [1.29, 1.82) is 0 Å². The van der Waals surface area contributed by atoms with Crippen LogP contribution in [-0.2, 0) is 16.1 Å². The van der Waals surface area contributed by atoms with E-state index in [0.717, 1.165) is 51.4 Å². The molecule has 10 saturated heterocycles. The fraction of sp³-hybridized carbons (Fsp3) is 0.440. The van der Waals surface area contributed by atoms with Crippen molar-refractivity contribution >= 4 is 23.9 Å². The number of rotatable bonds is 20. The molecule has 0 bridgehead atoms. The summed E-state index contributed by atoms with van der Waals surface area (Å²) in [6, 6.07) is 27.8. The van der Waals surface area contributed by atoms with Crippen molar-refractivity contribution in [3.63, 3.8) is 0 Å². The summed E-state index contributed by atoms with van der Waals surface area (Å²) in [5.74, 6) is 0.205. The average Bonchev–Trinajstić information content (AvgIpc) is 4.22. The molecule has 4 aromatic rings. The predicted molar refractivity (Wildman–Crippen MR) is 222 cm³/mol. The zero-order valence-corrected chi connectivity index (χ0v) is 35.5. The Bertz CT molecular complexity index is 2830. The van der Waals surface area contributed by atoms with Gasteiger partial charge in [-0.3, -0.25) is 0 Å². The van der Waals surface area contributed by atoms with Gasteiger partial charge in [0.2, 0.25) is 0 Å². The van der Waals surface area contributed by atoms with Gasteiger partial charge < -0.3 is 0 Å². The fourth-order valence-corrected chi connectivity index (χ4v) is 97.3. The maximum absolute atomic E-state index is 15.0. The van der Waals surface area contributed by atoms with Gasteiger partial charge >= 0.3 is 294 Å². The van der Waals surface area contributed by atoms with Crippen LogP contribution in [0.3, 0.4) is 0 Å². The summed E-state index contributed by atoms with van der Waals surface area (Å²) in [5.41, 5.74) is 0.332. The van der Waals surface area contributed by atoms with E-state index in [0.29, 0.717) is 74.7 Å². The van der Waals surface area contributed by atoms with Crippen molar-refractivity contribution in [3.8, 4) is 34.5 Å². The van der Waals surface area contributed by atoms with E-state index < -0.39 is 27.1 Å². The summed E-state index contributed by atoms with van der Waals surface area (Å²) in [6.45, 7) is 0.440. The molecular formula is C50H50FeO10. The van der Waals surface area contributed by atoms with E-state index in [1.54, 1.807) is 84.9 Å². The Hall–Kier alpha value is -5.12. The average molecular weight is 867 g/mol. The summed E-state index contributed by atoms with van der Waals surface area (Å²) in [6.07, 6.45) is 8.47. The van der Waals surface area contributed by atoms with Crippen LogP contribution < -0.4 is 28.4 Å². The Morgan fingerprint density at radius 1 is 0.443 bits per heavy atom. The Morgan fingerprint density at radius 2 is 0.787 bits per heavy atom. The third-order valence-electron chi connectivity index (χ3n) is 22.7. The molecule has 10 heterocycles. The van der Waals surface area contributed by atoms with Gasteiger partial charge in [-0.25, -0.2) is 0 Å². The van der Waals surface area contributed by atoms with Gasteiger partial charge in [-0.05, 0) is 0 Å². The van der Waals surface area contributed by atoms with Crippen molar-refractivity contribution < 1.29 is 54.1 Å². The van der Waals surface area contributed by atoms with Gasteiger partial charge in [0.1, 0.15) is 0 Å². The number of esters is 4. The van der Waals surface area contributed by atoms with E-state index in [-0.39, 0.29) is 34.6 Å². The number of unbranched alkanes of at least 4 members (excludes halogenated alkanes) is 6. The summed E-state index contributed by atoms with van der Waals surface area (Å²) in [7, 11) is 0. The molecule has 10 fully saturated rings. The molecule has 0 aromatic heterocycles.